The summed E-state index contributed by atoms with van der Waals surface area (Å²) >= 11 is 6.44. The Labute approximate surface area is 130 Å². The second-order valence-corrected chi connectivity index (χ2v) is 5.77. The van der Waals surface area contributed by atoms with Crippen molar-refractivity contribution in [2.45, 2.75) is 26.9 Å². The van der Waals surface area contributed by atoms with Crippen molar-refractivity contribution in [3.05, 3.63) is 52.3 Å². The van der Waals surface area contributed by atoms with E-state index < -0.39 is 0 Å². The Morgan fingerprint density at radius 3 is 2.71 bits per heavy atom. The van der Waals surface area contributed by atoms with Gasteiger partial charge in [0.25, 0.3) is 0 Å². The van der Waals surface area contributed by atoms with E-state index in [1.807, 2.05) is 36.7 Å². The Morgan fingerprint density at radius 2 is 2.05 bits per heavy atom. The topological polar surface area (TPSA) is 50.1 Å². The molecule has 0 saturated carbocycles. The standard InChI is InChI=1S/C16H22ClN3O/c1-12(11-21)8-18-9-15-13(2)19-20(16(15)17)10-14-6-4-3-5-7-14/h3-7,12,18,21H,8-11H2,1-2H3. The second-order valence-electron chi connectivity index (χ2n) is 5.42. The first-order valence-corrected chi connectivity index (χ1v) is 7.57. The average molecular weight is 308 g/mol. The van der Waals surface area contributed by atoms with Gasteiger partial charge in [-0.3, -0.25) is 0 Å². The summed E-state index contributed by atoms with van der Waals surface area (Å²) in [6, 6.07) is 10.1. The van der Waals surface area contributed by atoms with E-state index in [-0.39, 0.29) is 12.5 Å². The molecule has 1 aromatic carbocycles. The highest BCUT2D eigenvalue weighted by atomic mass is 35.5. The lowest BCUT2D eigenvalue weighted by Crippen LogP contribution is -2.23. The molecule has 0 amide bonds. The summed E-state index contributed by atoms with van der Waals surface area (Å²) in [5.74, 6) is 0.239. The minimum Gasteiger partial charge on any atom is -0.396 e. The molecule has 0 saturated heterocycles. The Balaban J connectivity index is 2.03. The van der Waals surface area contributed by atoms with Crippen LogP contribution in [-0.2, 0) is 13.1 Å². The van der Waals surface area contributed by atoms with E-state index in [0.717, 1.165) is 17.8 Å². The highest BCUT2D eigenvalue weighted by Gasteiger charge is 2.13. The zero-order chi connectivity index (χ0) is 15.2. The molecule has 0 aliphatic rings. The monoisotopic (exact) mass is 307 g/mol. The van der Waals surface area contributed by atoms with E-state index in [4.69, 9.17) is 16.7 Å². The molecule has 2 rings (SSSR count). The van der Waals surface area contributed by atoms with Crippen molar-refractivity contribution in [3.8, 4) is 0 Å². The number of aliphatic hydroxyl groups is 1. The van der Waals surface area contributed by atoms with Crippen LogP contribution in [0.2, 0.25) is 5.15 Å². The lowest BCUT2D eigenvalue weighted by atomic mass is 10.2. The Kier molecular flexibility index (Phi) is 5.79. The fraction of sp³-hybridized carbons (Fsp3) is 0.438. The molecule has 0 spiro atoms. The highest BCUT2D eigenvalue weighted by Crippen LogP contribution is 2.20. The lowest BCUT2D eigenvalue weighted by molar-refractivity contribution is 0.233. The summed E-state index contributed by atoms with van der Waals surface area (Å²) in [5, 5.41) is 17.5. The highest BCUT2D eigenvalue weighted by molar-refractivity contribution is 6.30. The van der Waals surface area contributed by atoms with Crippen LogP contribution in [-0.4, -0.2) is 28.0 Å². The summed E-state index contributed by atoms with van der Waals surface area (Å²) in [6.07, 6.45) is 0. The van der Waals surface area contributed by atoms with Crippen molar-refractivity contribution in [2.75, 3.05) is 13.2 Å². The number of hydrogen-bond donors (Lipinski definition) is 2. The smallest absolute Gasteiger partial charge is 0.132 e. The van der Waals surface area contributed by atoms with Crippen LogP contribution < -0.4 is 5.32 Å². The van der Waals surface area contributed by atoms with Crippen molar-refractivity contribution in [1.82, 2.24) is 15.1 Å². The first-order chi connectivity index (χ1) is 10.1. The summed E-state index contributed by atoms with van der Waals surface area (Å²) < 4.78 is 1.83. The van der Waals surface area contributed by atoms with Gasteiger partial charge in [-0.25, -0.2) is 4.68 Å². The van der Waals surface area contributed by atoms with Gasteiger partial charge < -0.3 is 10.4 Å². The van der Waals surface area contributed by atoms with Gasteiger partial charge in [-0.1, -0.05) is 48.9 Å². The molecule has 21 heavy (non-hydrogen) atoms. The maximum atomic E-state index is 9.03. The van der Waals surface area contributed by atoms with E-state index >= 15 is 0 Å². The van der Waals surface area contributed by atoms with Crippen LogP contribution >= 0.6 is 11.6 Å². The summed E-state index contributed by atoms with van der Waals surface area (Å²) in [7, 11) is 0. The van der Waals surface area contributed by atoms with Gasteiger partial charge >= 0.3 is 0 Å². The van der Waals surface area contributed by atoms with E-state index in [2.05, 4.69) is 22.5 Å². The molecule has 0 fully saturated rings. The van der Waals surface area contributed by atoms with Crippen LogP contribution in [0.15, 0.2) is 30.3 Å². The van der Waals surface area contributed by atoms with Gasteiger partial charge in [-0.15, -0.1) is 0 Å². The Bertz CT molecular complexity index is 568. The largest absolute Gasteiger partial charge is 0.396 e. The number of halogens is 1. The molecular weight excluding hydrogens is 286 g/mol. The third-order valence-corrected chi connectivity index (χ3v) is 3.89. The predicted octanol–water partition coefficient (Wildman–Crippen LogP) is 2.61. The van der Waals surface area contributed by atoms with Crippen LogP contribution in [0, 0.1) is 12.8 Å². The average Bonchev–Trinajstić information content (AvgIpc) is 2.75. The molecule has 0 aliphatic heterocycles. The first-order valence-electron chi connectivity index (χ1n) is 7.19. The van der Waals surface area contributed by atoms with Gasteiger partial charge in [0.15, 0.2) is 0 Å². The third kappa shape index (κ3) is 4.30. The van der Waals surface area contributed by atoms with Gasteiger partial charge in [0.2, 0.25) is 0 Å². The van der Waals surface area contributed by atoms with Crippen molar-refractivity contribution in [2.24, 2.45) is 5.92 Å². The molecule has 5 heteroatoms. The number of aliphatic hydroxyl groups excluding tert-OH is 1. The molecule has 2 aromatic rings. The van der Waals surface area contributed by atoms with E-state index in [1.165, 1.54) is 5.56 Å². The molecule has 1 unspecified atom stereocenters. The molecular formula is C16H22ClN3O. The van der Waals surface area contributed by atoms with Gasteiger partial charge in [-0.05, 0) is 18.4 Å². The molecule has 2 N–H and O–H groups in total. The Hall–Kier alpha value is -1.36. The predicted molar refractivity (Wildman–Crippen MR) is 85.5 cm³/mol. The number of nitrogens with zero attached hydrogens (tertiary/aromatic N) is 2. The van der Waals surface area contributed by atoms with E-state index in [1.54, 1.807) is 0 Å². The van der Waals surface area contributed by atoms with Gasteiger partial charge in [0, 0.05) is 25.3 Å². The van der Waals surface area contributed by atoms with E-state index in [0.29, 0.717) is 18.2 Å². The van der Waals surface area contributed by atoms with Gasteiger partial charge in [-0.2, -0.15) is 5.10 Å². The molecule has 1 aromatic heterocycles. The molecule has 1 atom stereocenters. The SMILES string of the molecule is Cc1nn(Cc2ccccc2)c(Cl)c1CNCC(C)CO. The fourth-order valence-corrected chi connectivity index (χ4v) is 2.46. The maximum absolute atomic E-state index is 9.03. The fourth-order valence-electron chi connectivity index (χ4n) is 2.16. The van der Waals surface area contributed by atoms with Crippen molar-refractivity contribution < 1.29 is 5.11 Å². The number of rotatable bonds is 7. The van der Waals surface area contributed by atoms with Crippen molar-refractivity contribution in [1.29, 1.82) is 0 Å². The molecule has 0 aliphatic carbocycles. The van der Waals surface area contributed by atoms with Crippen LogP contribution in [0.4, 0.5) is 0 Å². The minimum absolute atomic E-state index is 0.187. The van der Waals surface area contributed by atoms with Crippen LogP contribution in [0.3, 0.4) is 0 Å². The lowest BCUT2D eigenvalue weighted by Gasteiger charge is -2.09. The zero-order valence-corrected chi connectivity index (χ0v) is 13.3. The van der Waals surface area contributed by atoms with Gasteiger partial charge in [0.1, 0.15) is 5.15 Å². The summed E-state index contributed by atoms with van der Waals surface area (Å²) in [5.41, 5.74) is 3.15. The second kappa shape index (κ2) is 7.59. The quantitative estimate of drug-likeness (QED) is 0.827. The molecule has 114 valence electrons. The molecule has 1 heterocycles. The number of nitrogens with one attached hydrogen (secondary N) is 1. The number of benzene rings is 1. The molecule has 0 bridgehead atoms. The molecule has 0 radical (unpaired) electrons. The minimum atomic E-state index is 0.187. The number of aryl methyl sites for hydroxylation is 1. The number of hydrogen-bond acceptors (Lipinski definition) is 3. The maximum Gasteiger partial charge on any atom is 0.132 e. The first kappa shape index (κ1) is 16.0. The van der Waals surface area contributed by atoms with Crippen LogP contribution in [0.25, 0.3) is 0 Å². The molecule has 4 nitrogen and oxygen atoms in total. The van der Waals surface area contributed by atoms with Crippen molar-refractivity contribution >= 4 is 11.6 Å². The van der Waals surface area contributed by atoms with E-state index in [9.17, 15) is 0 Å². The third-order valence-electron chi connectivity index (χ3n) is 3.46. The zero-order valence-electron chi connectivity index (χ0n) is 12.5. The van der Waals surface area contributed by atoms with Crippen LogP contribution in [0.5, 0.6) is 0 Å². The summed E-state index contributed by atoms with van der Waals surface area (Å²) in [6.45, 7) is 6.26. The van der Waals surface area contributed by atoms with Crippen LogP contribution in [0.1, 0.15) is 23.7 Å². The number of aromatic nitrogens is 2. The summed E-state index contributed by atoms with van der Waals surface area (Å²) in [4.78, 5) is 0. The normalized spacial score (nSPS) is 12.6. The van der Waals surface area contributed by atoms with Crippen molar-refractivity contribution in [3.63, 3.8) is 0 Å². The van der Waals surface area contributed by atoms with Gasteiger partial charge in [0.05, 0.1) is 12.2 Å². The Morgan fingerprint density at radius 1 is 1.33 bits per heavy atom.